The molecule has 4 rings (SSSR count). The maximum absolute atomic E-state index is 13.5. The predicted octanol–water partition coefficient (Wildman–Crippen LogP) is 4.24. The summed E-state index contributed by atoms with van der Waals surface area (Å²) in [7, 11) is 0. The fourth-order valence-corrected chi connectivity index (χ4v) is 4.24. The molecule has 1 heterocycles. The molecule has 0 fully saturated rings. The van der Waals surface area contributed by atoms with Gasteiger partial charge in [-0.3, -0.25) is 14.2 Å². The number of carbonyl (C=O) groups excluding carboxylic acids is 3. The first-order valence-corrected chi connectivity index (χ1v) is 12.7. The van der Waals surface area contributed by atoms with Crippen molar-refractivity contribution in [3.8, 4) is 5.69 Å². The molecule has 194 valence electrons. The topological polar surface area (TPSA) is 115 Å². The Balaban J connectivity index is 1.43. The Morgan fingerprint density at radius 1 is 0.947 bits per heavy atom. The molecule has 9 nitrogen and oxygen atoms in total. The molecule has 1 aromatic heterocycles. The quantitative estimate of drug-likeness (QED) is 0.231. The van der Waals surface area contributed by atoms with Gasteiger partial charge in [0, 0.05) is 16.9 Å². The van der Waals surface area contributed by atoms with E-state index in [-0.39, 0.29) is 30.4 Å². The highest BCUT2D eigenvalue weighted by Gasteiger charge is 2.17. The number of thioether (sulfide) groups is 1. The number of hydrogen-bond acceptors (Lipinski definition) is 7. The zero-order valence-corrected chi connectivity index (χ0v) is 21.2. The zero-order chi connectivity index (χ0) is 26.9. The lowest BCUT2D eigenvalue weighted by Gasteiger charge is -2.11. The number of nitrogens with zero attached hydrogens (tertiary/aromatic N) is 3. The maximum atomic E-state index is 13.5. The minimum Gasteiger partial charge on any atom is -0.462 e. The zero-order valence-electron chi connectivity index (χ0n) is 20.4. The first kappa shape index (κ1) is 26.6. The fraction of sp³-hybridized carbons (Fsp3) is 0.148. The Morgan fingerprint density at radius 3 is 2.42 bits per heavy atom. The molecular weight excluding hydrogens is 509 g/mol. The van der Waals surface area contributed by atoms with Crippen molar-refractivity contribution in [2.75, 3.05) is 17.7 Å². The van der Waals surface area contributed by atoms with E-state index in [1.54, 1.807) is 35.8 Å². The van der Waals surface area contributed by atoms with Gasteiger partial charge >= 0.3 is 5.97 Å². The van der Waals surface area contributed by atoms with E-state index >= 15 is 0 Å². The Bertz CT molecular complexity index is 1430. The second kappa shape index (κ2) is 12.6. The average molecular weight is 534 g/mol. The van der Waals surface area contributed by atoms with Crippen LogP contribution in [0.2, 0.25) is 0 Å². The number of hydrogen-bond donors (Lipinski definition) is 2. The van der Waals surface area contributed by atoms with Gasteiger partial charge in [-0.05, 0) is 61.5 Å². The van der Waals surface area contributed by atoms with Crippen molar-refractivity contribution in [1.29, 1.82) is 0 Å². The lowest BCUT2D eigenvalue weighted by Crippen LogP contribution is -2.24. The summed E-state index contributed by atoms with van der Waals surface area (Å²) in [6.07, 6.45) is 0. The number of rotatable bonds is 10. The Morgan fingerprint density at radius 2 is 1.71 bits per heavy atom. The van der Waals surface area contributed by atoms with Crippen LogP contribution in [0, 0.1) is 5.82 Å². The van der Waals surface area contributed by atoms with Crippen LogP contribution in [-0.4, -0.2) is 44.9 Å². The number of nitrogens with one attached hydrogen (secondary N) is 2. The normalized spacial score (nSPS) is 10.6. The van der Waals surface area contributed by atoms with Crippen LogP contribution >= 0.6 is 11.8 Å². The third-order valence-electron chi connectivity index (χ3n) is 5.22. The molecule has 38 heavy (non-hydrogen) atoms. The second-order valence-corrected chi connectivity index (χ2v) is 8.84. The summed E-state index contributed by atoms with van der Waals surface area (Å²) < 4.78 is 20.2. The van der Waals surface area contributed by atoms with Gasteiger partial charge in [0.1, 0.15) is 5.82 Å². The smallest absolute Gasteiger partial charge is 0.338 e. The van der Waals surface area contributed by atoms with Gasteiger partial charge in [-0.15, -0.1) is 10.2 Å². The monoisotopic (exact) mass is 533 g/mol. The Kier molecular flexibility index (Phi) is 8.83. The van der Waals surface area contributed by atoms with Crippen molar-refractivity contribution < 1.29 is 23.5 Å². The molecule has 0 bridgehead atoms. The minimum absolute atomic E-state index is 0.0385. The molecule has 3 aromatic carbocycles. The summed E-state index contributed by atoms with van der Waals surface area (Å²) in [6.45, 7) is 2.05. The first-order chi connectivity index (χ1) is 18.4. The summed E-state index contributed by atoms with van der Waals surface area (Å²) in [5, 5.41) is 14.4. The Hall–Kier alpha value is -4.51. The molecule has 0 saturated carbocycles. The molecule has 0 aliphatic rings. The largest absolute Gasteiger partial charge is 0.462 e. The van der Waals surface area contributed by atoms with Gasteiger partial charge < -0.3 is 15.4 Å². The van der Waals surface area contributed by atoms with Gasteiger partial charge in [0.05, 0.1) is 24.5 Å². The molecule has 0 atom stereocenters. The first-order valence-electron chi connectivity index (χ1n) is 11.7. The van der Waals surface area contributed by atoms with Gasteiger partial charge in [-0.1, -0.05) is 36.0 Å². The van der Waals surface area contributed by atoms with Gasteiger partial charge in [0.15, 0.2) is 11.0 Å². The van der Waals surface area contributed by atoms with E-state index in [1.807, 2.05) is 30.3 Å². The number of amides is 2. The van der Waals surface area contributed by atoms with Crippen molar-refractivity contribution >= 4 is 35.2 Å². The van der Waals surface area contributed by atoms with Gasteiger partial charge in [-0.25, -0.2) is 9.18 Å². The number of carbonyl (C=O) groups is 3. The number of anilines is 1. The van der Waals surface area contributed by atoms with Crippen molar-refractivity contribution in [3.63, 3.8) is 0 Å². The minimum atomic E-state index is -0.503. The van der Waals surface area contributed by atoms with Crippen LogP contribution in [0.4, 0.5) is 10.1 Å². The van der Waals surface area contributed by atoms with Gasteiger partial charge in [0.2, 0.25) is 5.91 Å². The van der Waals surface area contributed by atoms with E-state index in [9.17, 15) is 18.8 Å². The van der Waals surface area contributed by atoms with Crippen molar-refractivity contribution in [1.82, 2.24) is 20.1 Å². The summed E-state index contributed by atoms with van der Waals surface area (Å²) in [5.41, 5.74) is 1.88. The van der Waals surface area contributed by atoms with E-state index in [0.29, 0.717) is 22.2 Å². The third-order valence-corrected chi connectivity index (χ3v) is 6.15. The van der Waals surface area contributed by atoms with E-state index in [4.69, 9.17) is 4.74 Å². The molecule has 2 N–H and O–H groups in total. The highest BCUT2D eigenvalue weighted by molar-refractivity contribution is 7.99. The highest BCUT2D eigenvalue weighted by Crippen LogP contribution is 2.22. The molecule has 0 unspecified atom stereocenters. The van der Waals surface area contributed by atoms with Crippen LogP contribution in [0.5, 0.6) is 0 Å². The summed E-state index contributed by atoms with van der Waals surface area (Å²) in [5.74, 6) is -1.17. The van der Waals surface area contributed by atoms with Crippen molar-refractivity contribution in [2.45, 2.75) is 18.6 Å². The van der Waals surface area contributed by atoms with Crippen LogP contribution in [0.3, 0.4) is 0 Å². The molecule has 0 saturated heterocycles. The lowest BCUT2D eigenvalue weighted by atomic mass is 10.2. The molecule has 0 radical (unpaired) electrons. The molecule has 0 aliphatic heterocycles. The Labute approximate surface area is 222 Å². The molecule has 11 heteroatoms. The van der Waals surface area contributed by atoms with E-state index in [0.717, 1.165) is 11.8 Å². The fourth-order valence-electron chi connectivity index (χ4n) is 3.47. The lowest BCUT2D eigenvalue weighted by molar-refractivity contribution is -0.113. The van der Waals surface area contributed by atoms with Crippen LogP contribution < -0.4 is 10.6 Å². The standard InChI is InChI=1S/C27H24FN5O4S/c1-2-37-26(36)18-11-13-21(14-12-18)30-24(34)17-38-27-32-31-23(33(27)22-9-4-3-5-10-22)16-29-25(35)19-7-6-8-20(28)15-19/h3-15H,2,16-17H2,1H3,(H,29,35)(H,30,34). The SMILES string of the molecule is CCOC(=O)c1ccc(NC(=O)CSc2nnc(CNC(=O)c3cccc(F)c3)n2-c2ccccc2)cc1. The second-order valence-electron chi connectivity index (χ2n) is 7.90. The third kappa shape index (κ3) is 6.83. The maximum Gasteiger partial charge on any atom is 0.338 e. The number of benzene rings is 3. The van der Waals surface area contributed by atoms with E-state index < -0.39 is 17.7 Å². The van der Waals surface area contributed by atoms with E-state index in [2.05, 4.69) is 20.8 Å². The molecular formula is C27H24FN5O4S. The molecule has 0 spiro atoms. The summed E-state index contributed by atoms with van der Waals surface area (Å²) in [6, 6.07) is 21.1. The number of halogens is 1. The number of ether oxygens (including phenoxy) is 1. The van der Waals surface area contributed by atoms with Crippen LogP contribution in [0.15, 0.2) is 84.0 Å². The molecule has 0 aliphatic carbocycles. The van der Waals surface area contributed by atoms with Crippen LogP contribution in [-0.2, 0) is 16.1 Å². The van der Waals surface area contributed by atoms with E-state index in [1.165, 1.54) is 30.0 Å². The average Bonchev–Trinajstić information content (AvgIpc) is 3.34. The predicted molar refractivity (Wildman–Crippen MR) is 141 cm³/mol. The summed E-state index contributed by atoms with van der Waals surface area (Å²) in [4.78, 5) is 36.9. The number of para-hydroxylation sites is 1. The van der Waals surface area contributed by atoms with Crippen molar-refractivity contribution in [2.24, 2.45) is 0 Å². The summed E-state index contributed by atoms with van der Waals surface area (Å²) >= 11 is 1.18. The highest BCUT2D eigenvalue weighted by atomic mass is 32.2. The van der Waals surface area contributed by atoms with Crippen molar-refractivity contribution in [3.05, 3.63) is 102 Å². The van der Waals surface area contributed by atoms with Crippen LogP contribution in [0.1, 0.15) is 33.5 Å². The van der Waals surface area contributed by atoms with Gasteiger partial charge in [-0.2, -0.15) is 0 Å². The number of esters is 1. The van der Waals surface area contributed by atoms with Gasteiger partial charge in [0.25, 0.3) is 5.91 Å². The van der Waals surface area contributed by atoms with Crippen LogP contribution in [0.25, 0.3) is 5.69 Å². The number of aromatic nitrogens is 3. The molecule has 4 aromatic rings. The molecule has 2 amide bonds.